The van der Waals surface area contributed by atoms with Gasteiger partial charge >= 0.3 is 12.1 Å². The molecular weight excluding hydrogens is 602 g/mol. The first-order chi connectivity index (χ1) is 21.8. The highest BCUT2D eigenvalue weighted by Crippen LogP contribution is 2.30. The second-order valence-electron chi connectivity index (χ2n) is 14.2. The average Bonchev–Trinajstić information content (AvgIpc) is 2.95. The highest BCUT2D eigenvalue weighted by molar-refractivity contribution is 5.94. The summed E-state index contributed by atoms with van der Waals surface area (Å²) in [6.45, 7) is 15.3. The van der Waals surface area contributed by atoms with Gasteiger partial charge in [-0.25, -0.2) is 9.59 Å². The Bertz CT molecular complexity index is 1330. The lowest BCUT2D eigenvalue weighted by Gasteiger charge is -2.39. The number of nitrogens with one attached hydrogen (secondary N) is 2. The zero-order valence-corrected chi connectivity index (χ0v) is 29.2. The Morgan fingerprint density at radius 2 is 1.43 bits per heavy atom. The number of amides is 3. The van der Waals surface area contributed by atoms with E-state index in [1.165, 1.54) is 17.0 Å². The molecule has 0 bridgehead atoms. The minimum Gasteiger partial charge on any atom is -0.508 e. The standard InChI is InChI=1S/C36H53N3O8/c1-23(2)18-19-24(3)39(32(43)29(22-40)38-34(45)47-36(7,8)9)30(26-16-13-17-27(41)21-26)31(42)37-28(33(44)46-35(4,5)6)20-25-14-11-10-12-15-25/h10-17,21,23-24,28-30,40-41H,18-20,22H2,1-9H3,(H,37,42)(H,38,45). The predicted octanol–water partition coefficient (Wildman–Crippen LogP) is 5.04. The zero-order valence-electron chi connectivity index (χ0n) is 29.2. The second-order valence-corrected chi connectivity index (χ2v) is 14.2. The van der Waals surface area contributed by atoms with Crippen LogP contribution in [0.15, 0.2) is 54.6 Å². The molecule has 0 fully saturated rings. The summed E-state index contributed by atoms with van der Waals surface area (Å²) in [6.07, 6.45) is 0.392. The van der Waals surface area contributed by atoms with Gasteiger partial charge in [0.2, 0.25) is 11.8 Å². The number of hydrogen-bond acceptors (Lipinski definition) is 8. The summed E-state index contributed by atoms with van der Waals surface area (Å²) in [6, 6.07) is 10.6. The van der Waals surface area contributed by atoms with E-state index in [4.69, 9.17) is 9.47 Å². The molecule has 47 heavy (non-hydrogen) atoms. The van der Waals surface area contributed by atoms with Crippen molar-refractivity contribution in [1.29, 1.82) is 0 Å². The van der Waals surface area contributed by atoms with Crippen molar-refractivity contribution in [3.05, 3.63) is 65.7 Å². The third-order valence-electron chi connectivity index (χ3n) is 7.07. The molecule has 2 aromatic carbocycles. The lowest BCUT2D eigenvalue weighted by molar-refractivity contribution is -0.159. The molecule has 0 radical (unpaired) electrons. The van der Waals surface area contributed by atoms with Crippen LogP contribution in [0.3, 0.4) is 0 Å². The van der Waals surface area contributed by atoms with Gasteiger partial charge in [0.05, 0.1) is 6.61 Å². The van der Waals surface area contributed by atoms with Gasteiger partial charge in [0.1, 0.15) is 35.1 Å². The summed E-state index contributed by atoms with van der Waals surface area (Å²) in [7, 11) is 0. The van der Waals surface area contributed by atoms with E-state index in [-0.39, 0.29) is 23.7 Å². The molecule has 0 heterocycles. The third-order valence-corrected chi connectivity index (χ3v) is 7.07. The fourth-order valence-electron chi connectivity index (χ4n) is 4.93. The first-order valence-electron chi connectivity index (χ1n) is 16.1. The molecule has 4 unspecified atom stereocenters. The SMILES string of the molecule is CC(C)CCC(C)N(C(=O)C(CO)NC(=O)OC(C)(C)C)C(C(=O)NC(Cc1ccccc1)C(=O)OC(C)(C)C)c1cccc(O)c1. The molecule has 11 heteroatoms. The molecule has 260 valence electrons. The molecule has 0 aliphatic carbocycles. The molecule has 11 nitrogen and oxygen atoms in total. The molecule has 0 aromatic heterocycles. The highest BCUT2D eigenvalue weighted by atomic mass is 16.6. The Morgan fingerprint density at radius 1 is 0.809 bits per heavy atom. The maximum Gasteiger partial charge on any atom is 0.408 e. The minimum absolute atomic E-state index is 0.116. The molecule has 0 spiro atoms. The Hall–Kier alpha value is -4.12. The van der Waals surface area contributed by atoms with Gasteiger partial charge in [0.15, 0.2) is 0 Å². The molecule has 2 aromatic rings. The quantitative estimate of drug-likeness (QED) is 0.207. The van der Waals surface area contributed by atoms with E-state index in [0.717, 1.165) is 5.56 Å². The van der Waals surface area contributed by atoms with E-state index in [1.807, 2.05) is 44.2 Å². The van der Waals surface area contributed by atoms with Crippen LogP contribution in [0.4, 0.5) is 4.79 Å². The van der Waals surface area contributed by atoms with E-state index in [1.54, 1.807) is 60.6 Å². The first kappa shape index (κ1) is 39.1. The monoisotopic (exact) mass is 655 g/mol. The van der Waals surface area contributed by atoms with Crippen molar-refractivity contribution < 1.29 is 38.9 Å². The number of carbonyl (C=O) groups excluding carboxylic acids is 4. The van der Waals surface area contributed by atoms with Gasteiger partial charge in [-0.3, -0.25) is 9.59 Å². The van der Waals surface area contributed by atoms with Crippen LogP contribution in [0.1, 0.15) is 92.3 Å². The van der Waals surface area contributed by atoms with Crippen molar-refractivity contribution >= 4 is 23.9 Å². The van der Waals surface area contributed by atoms with Crippen molar-refractivity contribution in [2.24, 2.45) is 5.92 Å². The third kappa shape index (κ3) is 13.3. The van der Waals surface area contributed by atoms with E-state index >= 15 is 0 Å². The van der Waals surface area contributed by atoms with E-state index in [9.17, 15) is 29.4 Å². The Balaban J connectivity index is 2.65. The van der Waals surface area contributed by atoms with Crippen molar-refractivity contribution in [3.8, 4) is 5.75 Å². The van der Waals surface area contributed by atoms with E-state index in [0.29, 0.717) is 12.8 Å². The number of aromatic hydroxyl groups is 1. The highest BCUT2D eigenvalue weighted by Gasteiger charge is 2.40. The fourth-order valence-corrected chi connectivity index (χ4v) is 4.93. The second kappa shape index (κ2) is 17.2. The number of rotatable bonds is 14. The summed E-state index contributed by atoms with van der Waals surface area (Å²) >= 11 is 0. The number of phenolic OH excluding ortho intramolecular Hbond substituents is 1. The van der Waals surface area contributed by atoms with Gasteiger partial charge in [-0.15, -0.1) is 0 Å². The van der Waals surface area contributed by atoms with Gasteiger partial charge < -0.3 is 35.2 Å². The van der Waals surface area contributed by atoms with Crippen LogP contribution in [-0.2, 0) is 30.3 Å². The van der Waals surface area contributed by atoms with Crippen LogP contribution in [0.2, 0.25) is 0 Å². The maximum absolute atomic E-state index is 14.5. The number of carbonyl (C=O) groups is 4. The Morgan fingerprint density at radius 3 is 1.96 bits per heavy atom. The largest absolute Gasteiger partial charge is 0.508 e. The molecule has 0 saturated heterocycles. The number of phenols is 1. The topological polar surface area (TPSA) is 154 Å². The molecule has 0 saturated carbocycles. The van der Waals surface area contributed by atoms with Gasteiger partial charge in [-0.1, -0.05) is 56.3 Å². The summed E-state index contributed by atoms with van der Waals surface area (Å²) < 4.78 is 11.0. The van der Waals surface area contributed by atoms with Crippen molar-refractivity contribution in [2.75, 3.05) is 6.61 Å². The van der Waals surface area contributed by atoms with Crippen LogP contribution < -0.4 is 10.6 Å². The van der Waals surface area contributed by atoms with Crippen molar-refractivity contribution in [1.82, 2.24) is 15.5 Å². The number of alkyl carbamates (subject to hydrolysis) is 1. The van der Waals surface area contributed by atoms with Crippen LogP contribution in [-0.4, -0.2) is 74.9 Å². The summed E-state index contributed by atoms with van der Waals surface area (Å²) in [5, 5.41) is 26.0. The molecule has 2 rings (SSSR count). The summed E-state index contributed by atoms with van der Waals surface area (Å²) in [4.78, 5) is 56.2. The minimum atomic E-state index is -1.45. The number of ether oxygens (including phenoxy) is 2. The average molecular weight is 656 g/mol. The predicted molar refractivity (Wildman–Crippen MR) is 179 cm³/mol. The number of benzene rings is 2. The maximum atomic E-state index is 14.5. The van der Waals surface area contributed by atoms with Gasteiger partial charge in [-0.05, 0) is 90.5 Å². The molecule has 4 atom stereocenters. The van der Waals surface area contributed by atoms with Crippen molar-refractivity contribution in [2.45, 2.75) is 117 Å². The normalized spacial score (nSPS) is 14.4. The van der Waals surface area contributed by atoms with Gasteiger partial charge in [-0.2, -0.15) is 0 Å². The molecular formula is C36H53N3O8. The fraction of sp³-hybridized carbons (Fsp3) is 0.556. The number of aliphatic hydroxyl groups is 1. The number of esters is 1. The van der Waals surface area contributed by atoms with Crippen LogP contribution in [0, 0.1) is 5.92 Å². The number of hydrogen-bond donors (Lipinski definition) is 4. The van der Waals surface area contributed by atoms with Crippen LogP contribution in [0.25, 0.3) is 0 Å². The van der Waals surface area contributed by atoms with Crippen LogP contribution in [0.5, 0.6) is 5.75 Å². The lowest BCUT2D eigenvalue weighted by Crippen LogP contribution is -2.58. The molecule has 0 aliphatic rings. The molecule has 0 aliphatic heterocycles. The van der Waals surface area contributed by atoms with E-state index < -0.39 is 65.9 Å². The number of aliphatic hydroxyl groups excluding tert-OH is 1. The molecule has 3 amide bonds. The van der Waals surface area contributed by atoms with Crippen molar-refractivity contribution in [3.63, 3.8) is 0 Å². The molecule has 4 N–H and O–H groups in total. The smallest absolute Gasteiger partial charge is 0.408 e. The van der Waals surface area contributed by atoms with E-state index in [2.05, 4.69) is 10.6 Å². The zero-order chi connectivity index (χ0) is 35.5. The van der Waals surface area contributed by atoms with Crippen LogP contribution >= 0.6 is 0 Å². The van der Waals surface area contributed by atoms with Gasteiger partial charge in [0, 0.05) is 12.5 Å². The Labute approximate surface area is 279 Å². The summed E-state index contributed by atoms with van der Waals surface area (Å²) in [5.41, 5.74) is -0.658. The lowest BCUT2D eigenvalue weighted by atomic mass is 9.96. The number of nitrogens with zero attached hydrogens (tertiary/aromatic N) is 1. The summed E-state index contributed by atoms with van der Waals surface area (Å²) in [5.74, 6) is -1.97. The van der Waals surface area contributed by atoms with Gasteiger partial charge in [0.25, 0.3) is 0 Å². The first-order valence-corrected chi connectivity index (χ1v) is 16.1. The Kier molecular flexibility index (Phi) is 14.3.